The second-order valence-electron chi connectivity index (χ2n) is 11.5. The van der Waals surface area contributed by atoms with Crippen molar-refractivity contribution in [3.63, 3.8) is 0 Å². The summed E-state index contributed by atoms with van der Waals surface area (Å²) in [6.07, 6.45) is 6.17. The molecule has 7 atom stereocenters. The van der Waals surface area contributed by atoms with Crippen LogP contribution in [0.25, 0.3) is 0 Å². The van der Waals surface area contributed by atoms with E-state index in [4.69, 9.17) is 4.74 Å². The van der Waals surface area contributed by atoms with Gasteiger partial charge < -0.3 is 24.5 Å². The average molecular weight is 631 g/mol. The van der Waals surface area contributed by atoms with Crippen LogP contribution >= 0.6 is 15.9 Å². The van der Waals surface area contributed by atoms with E-state index >= 15 is 0 Å². The van der Waals surface area contributed by atoms with Crippen molar-refractivity contribution >= 4 is 33.7 Å². The highest BCUT2D eigenvalue weighted by Gasteiger charge is 2.76. The third kappa shape index (κ3) is 5.90. The quantitative estimate of drug-likeness (QED) is 0.180. The fourth-order valence-corrected chi connectivity index (χ4v) is 8.03. The van der Waals surface area contributed by atoms with Crippen LogP contribution in [-0.4, -0.2) is 92.4 Å². The van der Waals surface area contributed by atoms with Crippen molar-refractivity contribution in [2.75, 3.05) is 26.2 Å². The fourth-order valence-electron chi connectivity index (χ4n) is 7.09. The summed E-state index contributed by atoms with van der Waals surface area (Å²) < 4.78 is 6.71. The van der Waals surface area contributed by atoms with Crippen molar-refractivity contribution < 1.29 is 24.2 Å². The zero-order valence-electron chi connectivity index (χ0n) is 24.3. The molecule has 3 heterocycles. The summed E-state index contributed by atoms with van der Waals surface area (Å²) in [6, 6.07) is 8.86. The van der Waals surface area contributed by atoms with E-state index in [1.165, 1.54) is 0 Å². The predicted octanol–water partition coefficient (Wildman–Crippen LogP) is 3.92. The minimum Gasteiger partial charge on any atom is -0.396 e. The van der Waals surface area contributed by atoms with Gasteiger partial charge in [0.2, 0.25) is 17.7 Å². The van der Waals surface area contributed by atoms with Crippen molar-refractivity contribution in [1.82, 2.24) is 14.7 Å². The van der Waals surface area contributed by atoms with Crippen LogP contribution in [0, 0.1) is 11.8 Å². The molecule has 3 aliphatic rings. The number of aliphatic hydroxyl groups is 1. The van der Waals surface area contributed by atoms with Gasteiger partial charge in [-0.05, 0) is 38.2 Å². The Kier molecular flexibility index (Phi) is 10.5. The Morgan fingerprint density at radius 1 is 1.20 bits per heavy atom. The van der Waals surface area contributed by atoms with Crippen LogP contribution in [0.1, 0.15) is 51.5 Å². The topological polar surface area (TPSA) is 90.4 Å². The normalized spacial score (nSPS) is 28.8. The SMILES string of the molecule is C=CCN(Cc1ccccc1)C(=O)[C@H]1[C@@H]2OC3(CC2Br)C(C(=O)N(CC=C)C(C)CCC)N(CCCCO)C(=O)[C@H]13. The Bertz CT molecular complexity index is 1120. The lowest BCUT2D eigenvalue weighted by molar-refractivity contribution is -0.150. The van der Waals surface area contributed by atoms with Crippen LogP contribution in [0.3, 0.4) is 0 Å². The monoisotopic (exact) mass is 629 g/mol. The molecule has 9 heteroatoms. The Labute approximate surface area is 252 Å². The Morgan fingerprint density at radius 2 is 1.90 bits per heavy atom. The van der Waals surface area contributed by atoms with Crippen molar-refractivity contribution in [3.8, 4) is 0 Å². The van der Waals surface area contributed by atoms with Gasteiger partial charge in [-0.2, -0.15) is 0 Å². The minimum atomic E-state index is -1.11. The number of fused-ring (bicyclic) bond motifs is 1. The molecule has 1 N–H and O–H groups in total. The molecule has 0 aliphatic carbocycles. The number of rotatable bonds is 15. The van der Waals surface area contributed by atoms with Gasteiger partial charge >= 0.3 is 0 Å². The molecule has 2 bridgehead atoms. The molecule has 1 aromatic rings. The van der Waals surface area contributed by atoms with Crippen LogP contribution in [0.2, 0.25) is 0 Å². The second-order valence-corrected chi connectivity index (χ2v) is 12.7. The number of carbonyl (C=O) groups is 3. The standard InChI is InChI=1S/C32H44BrN3O5/c1-5-13-22(4)35(17-7-3)31(40)28-32-20-24(33)27(41-32)25(26(32)30(39)36(28)18-11-12-19-37)29(38)34(16-6-2)21-23-14-9-8-10-15-23/h6-10,14-15,22,24-28,37H,2-3,5,11-13,16-21H2,1,4H3/t22?,24?,25-,26+,27-,28?,32?/m1/s1. The van der Waals surface area contributed by atoms with Gasteiger partial charge in [-0.3, -0.25) is 14.4 Å². The lowest BCUT2D eigenvalue weighted by Crippen LogP contribution is -2.58. The number of ether oxygens (including phenoxy) is 1. The Hall–Kier alpha value is -2.49. The number of likely N-dealkylation sites (tertiary alicyclic amines) is 1. The molecule has 0 saturated carbocycles. The van der Waals surface area contributed by atoms with E-state index in [2.05, 4.69) is 36.0 Å². The molecule has 224 valence electrons. The number of hydrogen-bond donors (Lipinski definition) is 1. The Balaban J connectivity index is 1.73. The summed E-state index contributed by atoms with van der Waals surface area (Å²) in [6.45, 7) is 13.3. The molecule has 8 nitrogen and oxygen atoms in total. The molecule has 3 aliphatic heterocycles. The molecule has 0 aromatic heterocycles. The van der Waals surface area contributed by atoms with Gasteiger partial charge in [0.15, 0.2) is 0 Å². The molecule has 41 heavy (non-hydrogen) atoms. The molecule has 4 rings (SSSR count). The number of halogens is 1. The highest BCUT2D eigenvalue weighted by Crippen LogP contribution is 2.60. The number of nitrogens with zero attached hydrogens (tertiary/aromatic N) is 3. The highest BCUT2D eigenvalue weighted by atomic mass is 79.9. The van der Waals surface area contributed by atoms with E-state index in [0.29, 0.717) is 45.4 Å². The molecule has 3 fully saturated rings. The third-order valence-electron chi connectivity index (χ3n) is 8.84. The predicted molar refractivity (Wildman–Crippen MR) is 162 cm³/mol. The number of unbranched alkanes of at least 4 members (excludes halogenated alkanes) is 1. The molecular weight excluding hydrogens is 586 g/mol. The van der Waals surface area contributed by atoms with Gasteiger partial charge in [0, 0.05) is 43.7 Å². The molecule has 4 unspecified atom stereocenters. The first-order chi connectivity index (χ1) is 19.7. The number of benzene rings is 1. The molecule has 0 radical (unpaired) electrons. The average Bonchev–Trinajstić information content (AvgIpc) is 3.55. The fraction of sp³-hybridized carbons (Fsp3) is 0.594. The first-order valence-electron chi connectivity index (χ1n) is 14.8. The number of carbonyl (C=O) groups excluding carboxylic acids is 3. The van der Waals surface area contributed by atoms with Crippen molar-refractivity contribution in [2.24, 2.45) is 11.8 Å². The van der Waals surface area contributed by atoms with Crippen molar-refractivity contribution in [1.29, 1.82) is 0 Å². The van der Waals surface area contributed by atoms with Crippen molar-refractivity contribution in [3.05, 3.63) is 61.2 Å². The zero-order chi connectivity index (χ0) is 29.7. The van der Waals surface area contributed by atoms with E-state index in [-0.39, 0.29) is 35.2 Å². The maximum Gasteiger partial charge on any atom is 0.248 e. The molecule has 1 aromatic carbocycles. The van der Waals surface area contributed by atoms with Gasteiger partial charge in [-0.15, -0.1) is 13.2 Å². The maximum absolute atomic E-state index is 14.5. The molecule has 3 amide bonds. The van der Waals surface area contributed by atoms with Gasteiger partial charge in [0.05, 0.1) is 17.9 Å². The van der Waals surface area contributed by atoms with Gasteiger partial charge in [0.25, 0.3) is 0 Å². The van der Waals surface area contributed by atoms with Gasteiger partial charge in [-0.1, -0.05) is 71.8 Å². The van der Waals surface area contributed by atoms with E-state index in [1.807, 2.05) is 37.3 Å². The zero-order valence-corrected chi connectivity index (χ0v) is 25.9. The van der Waals surface area contributed by atoms with E-state index < -0.39 is 29.6 Å². The minimum absolute atomic E-state index is 0.00446. The van der Waals surface area contributed by atoms with E-state index in [1.54, 1.807) is 26.9 Å². The van der Waals surface area contributed by atoms with Crippen molar-refractivity contribution in [2.45, 2.75) is 81.1 Å². The van der Waals surface area contributed by atoms with Crippen LogP contribution in [0.5, 0.6) is 0 Å². The van der Waals surface area contributed by atoms with Gasteiger partial charge in [-0.25, -0.2) is 0 Å². The summed E-state index contributed by atoms with van der Waals surface area (Å²) in [5, 5.41) is 9.44. The molecule has 1 spiro atoms. The van der Waals surface area contributed by atoms with Gasteiger partial charge in [0.1, 0.15) is 11.6 Å². The van der Waals surface area contributed by atoms with Crippen LogP contribution < -0.4 is 0 Å². The lowest BCUT2D eigenvalue weighted by Gasteiger charge is -2.39. The lowest BCUT2D eigenvalue weighted by atomic mass is 9.70. The Morgan fingerprint density at radius 3 is 2.54 bits per heavy atom. The van der Waals surface area contributed by atoms with Crippen LogP contribution in [0.15, 0.2) is 55.6 Å². The largest absolute Gasteiger partial charge is 0.396 e. The van der Waals surface area contributed by atoms with E-state index in [0.717, 1.165) is 18.4 Å². The summed E-state index contributed by atoms with van der Waals surface area (Å²) in [7, 11) is 0. The van der Waals surface area contributed by atoms with Crippen LogP contribution in [0.4, 0.5) is 0 Å². The highest BCUT2D eigenvalue weighted by molar-refractivity contribution is 9.09. The molecule has 3 saturated heterocycles. The van der Waals surface area contributed by atoms with Crippen LogP contribution in [-0.2, 0) is 25.7 Å². The second kappa shape index (κ2) is 13.7. The number of alkyl halides is 1. The number of aliphatic hydroxyl groups excluding tert-OH is 1. The van der Waals surface area contributed by atoms with E-state index in [9.17, 15) is 19.5 Å². The maximum atomic E-state index is 14.5. The first-order valence-corrected chi connectivity index (χ1v) is 15.7. The molecular formula is C32H44BrN3O5. The summed E-state index contributed by atoms with van der Waals surface area (Å²) in [4.78, 5) is 48.1. The summed E-state index contributed by atoms with van der Waals surface area (Å²) in [5.41, 5.74) is -0.122. The number of amides is 3. The smallest absolute Gasteiger partial charge is 0.248 e. The third-order valence-corrected chi connectivity index (χ3v) is 9.68. The number of hydrogen-bond acceptors (Lipinski definition) is 5. The first kappa shape index (κ1) is 31.4. The summed E-state index contributed by atoms with van der Waals surface area (Å²) >= 11 is 3.77. The summed E-state index contributed by atoms with van der Waals surface area (Å²) in [5.74, 6) is -2.00.